The molecule has 9 N–H and O–H groups in total. The van der Waals surface area contributed by atoms with Crippen LogP contribution in [0.15, 0.2) is 0 Å². The van der Waals surface area contributed by atoms with E-state index in [4.69, 9.17) is 47.4 Å². The van der Waals surface area contributed by atoms with Gasteiger partial charge in [0.1, 0.15) is 116 Å². The first-order valence-electron chi connectivity index (χ1n) is 23.4. The molecule has 25 atom stereocenters. The molecule has 5 saturated heterocycles. The average molecular weight is 1500 g/mol. The van der Waals surface area contributed by atoms with Crippen molar-refractivity contribution in [3.8, 4) is 0 Å². The Bertz CT molecular complexity index is 3490. The molecule has 0 amide bonds. The summed E-state index contributed by atoms with van der Waals surface area (Å²) in [5, 5.41) is 92.1. The van der Waals surface area contributed by atoms with Gasteiger partial charge in [-0.25, -0.2) is 81.5 Å². The number of ether oxygens (including phenoxy) is 10. The zero-order chi connectivity index (χ0) is 69.4. The molecule has 0 aromatic heterocycles. The molecule has 0 radical (unpaired) electrons. The maximum absolute atomic E-state index is 12.8. The second-order valence-corrected chi connectivity index (χ2v) is 27.1. The number of hydrogen-bond donors (Lipinski definition) is 9. The highest BCUT2D eigenvalue weighted by molar-refractivity contribution is 7.84. The maximum Gasteiger partial charge on any atom is 0.218 e. The highest BCUT2D eigenvalue weighted by Crippen LogP contribution is 2.38. The zero-order valence-electron chi connectivity index (χ0n) is 43.6. The summed E-state index contributed by atoms with van der Waals surface area (Å²) in [6, 6.07) is -8.60. The van der Waals surface area contributed by atoms with Gasteiger partial charge in [0.15, 0.2) is 68.5 Å². The lowest BCUT2D eigenvalue weighted by Gasteiger charge is -2.52. The van der Waals surface area contributed by atoms with Crippen molar-refractivity contribution in [3.05, 3.63) is 0 Å². The Kier molecular flexibility index (Phi) is 26.0. The fourth-order valence-corrected chi connectivity index (χ4v) is 12.6. The molecule has 0 aromatic rings. The second-order valence-electron chi connectivity index (χ2n) is 18.5. The summed E-state index contributed by atoms with van der Waals surface area (Å²) in [6.45, 7) is -5.44. The van der Waals surface area contributed by atoms with E-state index in [1.165, 1.54) is 4.72 Å². The quantitative estimate of drug-likeness (QED) is 0.0238. The average Bonchev–Trinajstić information content (AvgIpc) is 0.767. The van der Waals surface area contributed by atoms with Gasteiger partial charge in [0.2, 0.25) is 52.0 Å². The van der Waals surface area contributed by atoms with E-state index in [1.807, 2.05) is 0 Å². The number of rotatable bonds is 30. The van der Waals surface area contributed by atoms with Gasteiger partial charge >= 0.3 is 0 Å². The van der Waals surface area contributed by atoms with Crippen molar-refractivity contribution in [2.75, 3.05) is 26.9 Å². The first-order valence-corrected chi connectivity index (χ1v) is 34.3. The minimum absolute atomic E-state index is 0.674. The Morgan fingerprint density at radius 2 is 0.714 bits per heavy atom. The summed E-state index contributed by atoms with van der Waals surface area (Å²) in [4.78, 5) is 25.5. The first kappa shape index (κ1) is 79.0. The SMILES string of the molecule is CO[C@@H]1OC(COS(=O)(=O)[O-])[C@H](O[C@@H]2OC(C(=O)[O-])[C@H](O[C@@H]3OC(COS(=O)(=O)[O-])[C@@H](O[C@@H]4OC(C(=O)[O-])[C@H](O[C@@H]5OC(COS(=O)(=O)[O-])[C@@H](O)[C@@H](O)C5NS(=O)(=O)[O-])[C@@H](O)C4O)[C@H](OS(=O)(=O)[O-])C3NS(=O)(=O)[O-])[C@@H](O)C2OS(=O)(=O)[O-])[C@@H](O)C1NS(=O)(=O)[O-]. The van der Waals surface area contributed by atoms with Gasteiger partial charge < -0.3 is 134 Å². The molecule has 5 fully saturated rings. The van der Waals surface area contributed by atoms with Crippen molar-refractivity contribution in [3.63, 3.8) is 0 Å². The third kappa shape index (κ3) is 22.9. The van der Waals surface area contributed by atoms with Gasteiger partial charge in [-0.1, -0.05) is 0 Å². The fourth-order valence-electron chi connectivity index (χ4n) is 8.93. The normalized spacial score (nSPS) is 38.6. The number of carbonyl (C=O) groups excluding carboxylic acids is 2. The molecule has 5 heterocycles. The Balaban J connectivity index is 1.60. The van der Waals surface area contributed by atoms with E-state index in [-0.39, 0.29) is 0 Å². The highest BCUT2D eigenvalue weighted by atomic mass is 32.3. The predicted octanol–water partition coefficient (Wildman–Crippen LogP) is -19.2. The van der Waals surface area contributed by atoms with Gasteiger partial charge in [0.05, 0.1) is 31.8 Å². The molecule has 534 valence electrons. The standard InChI is InChI=1S/C31H53N3O49S8/c1-69-27-9(33-85(48,49)50)13(37)17(6(74-27)3-71-88(57,58)59)76-31-22(83-91(66,67)68)16(40)21(24(81-31)26(43)44)79-29-10(34-86(51,52)53)19(82-90(63,64)65)18(7(75-29)4-72-89(60,61)62)77-30-15(39)14(38)20(23(80-30)25(41)42)78-28-8(32-84(45,46)47)12(36)11(35)5(73-28)2-70-87(54,55)56/h5-24,27-40H,2-4H2,1H3,(H,41,42)(H,43,44)(H,45,46,47)(H,48,49,50)(H,51,52,53)(H,54,55,56)(H,57,58,59)(H,60,61,62)(H,63,64,65)(H,66,67,68)/p-10/t5?,6?,7?,8?,9?,10?,11-,12+,13+,14+,15?,16-,17+,18-,19-,20-,21-,22?,23?,24?,27-,28+,29+,30-,31-/m1/s1. The summed E-state index contributed by atoms with van der Waals surface area (Å²) in [5.41, 5.74) is 0. The van der Waals surface area contributed by atoms with Crippen molar-refractivity contribution >= 4 is 94.8 Å². The van der Waals surface area contributed by atoms with Gasteiger partial charge in [0.25, 0.3) is 0 Å². The smallest absolute Gasteiger partial charge is 0.218 e. The fraction of sp³-hybridized carbons (Fsp3) is 0.935. The highest BCUT2D eigenvalue weighted by Gasteiger charge is 2.59. The molecule has 10 unspecified atom stereocenters. The Hall–Kier alpha value is -2.74. The third-order valence-electron chi connectivity index (χ3n) is 12.4. The van der Waals surface area contributed by atoms with Crippen molar-refractivity contribution in [2.24, 2.45) is 0 Å². The lowest BCUT2D eigenvalue weighted by atomic mass is 9.94. The molecule has 0 aromatic carbocycles. The van der Waals surface area contributed by atoms with Crippen LogP contribution < -0.4 is 24.4 Å². The van der Waals surface area contributed by atoms with Crippen LogP contribution in [0.5, 0.6) is 0 Å². The summed E-state index contributed by atoms with van der Waals surface area (Å²) in [6.07, 6.45) is -66.6. The molecule has 0 saturated carbocycles. The van der Waals surface area contributed by atoms with Crippen molar-refractivity contribution in [1.82, 2.24) is 14.2 Å². The molecule has 5 rings (SSSR count). The van der Waals surface area contributed by atoms with E-state index in [1.54, 1.807) is 0 Å². The van der Waals surface area contributed by atoms with Crippen LogP contribution in [0.4, 0.5) is 0 Å². The predicted molar refractivity (Wildman–Crippen MR) is 242 cm³/mol. The van der Waals surface area contributed by atoms with E-state index >= 15 is 0 Å². The van der Waals surface area contributed by atoms with Crippen LogP contribution in [0.2, 0.25) is 0 Å². The molecule has 0 bridgehead atoms. The number of methoxy groups -OCH3 is 1. The lowest BCUT2D eigenvalue weighted by molar-refractivity contribution is -0.389. The minimum atomic E-state index is -6.68. The molecule has 52 nitrogen and oxygen atoms in total. The number of aliphatic hydroxyl groups excluding tert-OH is 6. The van der Waals surface area contributed by atoms with Crippen molar-refractivity contribution in [2.45, 2.75) is 153 Å². The van der Waals surface area contributed by atoms with E-state index in [0.29, 0.717) is 7.11 Å². The van der Waals surface area contributed by atoms with E-state index < -0.39 is 268 Å². The van der Waals surface area contributed by atoms with Crippen LogP contribution in [0.3, 0.4) is 0 Å². The Morgan fingerprint density at radius 1 is 0.363 bits per heavy atom. The van der Waals surface area contributed by atoms with Gasteiger partial charge in [-0.3, -0.25) is 20.9 Å². The maximum atomic E-state index is 12.8. The van der Waals surface area contributed by atoms with Crippen LogP contribution >= 0.6 is 0 Å². The van der Waals surface area contributed by atoms with Gasteiger partial charge in [-0.2, -0.15) is 0 Å². The molecule has 60 heteroatoms. The molecule has 0 aliphatic carbocycles. The topological polar surface area (TPSA) is 834 Å². The number of hydrogen-bond acceptors (Lipinski definition) is 49. The minimum Gasteiger partial charge on any atom is -0.735 e. The largest absolute Gasteiger partial charge is 0.735 e. The summed E-state index contributed by atoms with van der Waals surface area (Å²) >= 11 is 0. The van der Waals surface area contributed by atoms with E-state index in [0.717, 1.165) is 9.44 Å². The third-order valence-corrected chi connectivity index (χ3v) is 16.2. The Morgan fingerprint density at radius 3 is 1.14 bits per heavy atom. The molecular weight excluding hydrogens is 1450 g/mol. The lowest BCUT2D eigenvalue weighted by Crippen LogP contribution is -2.72. The van der Waals surface area contributed by atoms with Crippen molar-refractivity contribution in [1.29, 1.82) is 0 Å². The van der Waals surface area contributed by atoms with Crippen LogP contribution in [-0.2, 0) is 161 Å². The first-order chi connectivity index (χ1) is 41.2. The number of aliphatic carboxylic acids is 2. The number of carbonyl (C=O) groups is 2. The molecule has 5 aliphatic rings. The number of carboxylic acids is 2. The molecule has 91 heavy (non-hydrogen) atoms. The summed E-state index contributed by atoms with van der Waals surface area (Å²) < 4.78 is 359. The van der Waals surface area contributed by atoms with Crippen LogP contribution in [0.25, 0.3) is 0 Å². The molecular formula is C31H43N3O49S8-10. The van der Waals surface area contributed by atoms with E-state index in [9.17, 15) is 154 Å². The number of nitrogens with one attached hydrogen (secondary N) is 3. The van der Waals surface area contributed by atoms with Gasteiger partial charge in [0, 0.05) is 7.11 Å². The van der Waals surface area contributed by atoms with Crippen LogP contribution in [-0.4, -0.2) is 327 Å². The van der Waals surface area contributed by atoms with Crippen molar-refractivity contribution < 1.29 is 222 Å². The number of carboxylic acid groups (broad SMARTS) is 2. The monoisotopic (exact) mass is 1500 g/mol. The summed E-state index contributed by atoms with van der Waals surface area (Å²) in [5.74, 6) is -5.54. The van der Waals surface area contributed by atoms with Gasteiger partial charge in [-0.05, 0) is 0 Å². The van der Waals surface area contributed by atoms with Crippen LogP contribution in [0.1, 0.15) is 0 Å². The van der Waals surface area contributed by atoms with Crippen LogP contribution in [0, 0.1) is 0 Å². The molecule has 0 spiro atoms. The summed E-state index contributed by atoms with van der Waals surface area (Å²) in [7, 11) is -48.4. The second kappa shape index (κ2) is 29.9. The Labute approximate surface area is 509 Å². The molecule has 5 aliphatic heterocycles. The zero-order valence-corrected chi connectivity index (χ0v) is 50.1. The van der Waals surface area contributed by atoms with E-state index in [2.05, 4.69) is 20.9 Å². The van der Waals surface area contributed by atoms with Gasteiger partial charge in [-0.15, -0.1) is 0 Å². The number of aliphatic hydroxyl groups is 6.